The van der Waals surface area contributed by atoms with Crippen LogP contribution in [0.5, 0.6) is 0 Å². The molecule has 8 heteroatoms. The molecule has 4 fully saturated rings. The van der Waals surface area contributed by atoms with Gasteiger partial charge in [0, 0.05) is 36.9 Å². The van der Waals surface area contributed by atoms with Crippen LogP contribution in [-0.2, 0) is 19.9 Å². The van der Waals surface area contributed by atoms with Gasteiger partial charge in [-0.05, 0) is 132 Å². The molecule has 0 bridgehead atoms. The fourth-order valence-electron chi connectivity index (χ4n) is 11.1. The normalized spacial score (nSPS) is 22.0. The van der Waals surface area contributed by atoms with Crippen molar-refractivity contribution in [3.63, 3.8) is 0 Å². The number of benzene rings is 2. The Hall–Kier alpha value is -1.51. The van der Waals surface area contributed by atoms with E-state index in [1.165, 1.54) is 134 Å². The van der Waals surface area contributed by atoms with Crippen molar-refractivity contribution in [3.05, 3.63) is 81.4 Å². The number of halogens is 2. The van der Waals surface area contributed by atoms with Crippen molar-refractivity contribution < 1.29 is 19.9 Å². The minimum absolute atomic E-state index is 0.346. The summed E-state index contributed by atoms with van der Waals surface area (Å²) in [4.78, 5) is 21.1. The zero-order valence-electron chi connectivity index (χ0n) is 32.6. The Bertz CT molecular complexity index is 1590. The van der Waals surface area contributed by atoms with Gasteiger partial charge in [-0.1, -0.05) is 87.2 Å². The van der Waals surface area contributed by atoms with Crippen LogP contribution in [0, 0.1) is 41.5 Å². The summed E-state index contributed by atoms with van der Waals surface area (Å²) in [5.41, 5.74) is 14.5. The zero-order chi connectivity index (χ0) is 37.0. The molecule has 52 heavy (non-hydrogen) atoms. The van der Waals surface area contributed by atoms with Crippen molar-refractivity contribution in [2.45, 2.75) is 161 Å². The Morgan fingerprint density at radius 3 is 1.50 bits per heavy atom. The minimum atomic E-state index is -1.78. The Balaban J connectivity index is 0.00000150. The number of rotatable bonds is 6. The number of amides is 1. The summed E-state index contributed by atoms with van der Waals surface area (Å²) in [6.45, 7) is 12.9. The van der Waals surface area contributed by atoms with Gasteiger partial charge in [0.05, 0.1) is 11.4 Å². The van der Waals surface area contributed by atoms with Gasteiger partial charge >= 0.3 is 34.5 Å². The summed E-state index contributed by atoms with van der Waals surface area (Å²) in [5.74, 6) is 4.56. The Labute approximate surface area is 331 Å². The van der Waals surface area contributed by atoms with Gasteiger partial charge in [0.1, 0.15) is 5.82 Å². The number of nitrogens with zero attached hydrogens (tertiary/aromatic N) is 3. The second-order valence-corrected chi connectivity index (χ2v) is 23.2. The molecule has 5 aliphatic rings. The molecule has 2 aliphatic heterocycles. The summed E-state index contributed by atoms with van der Waals surface area (Å²) in [6, 6.07) is 9.48. The van der Waals surface area contributed by atoms with Crippen LogP contribution in [0.1, 0.15) is 136 Å². The monoisotopic (exact) mass is 851 g/mol. The van der Waals surface area contributed by atoms with Crippen LogP contribution < -0.4 is 9.80 Å². The van der Waals surface area contributed by atoms with Gasteiger partial charge in [-0.2, -0.15) is 0 Å². The van der Waals surface area contributed by atoms with Crippen molar-refractivity contribution in [1.29, 1.82) is 0 Å². The van der Waals surface area contributed by atoms with Crippen molar-refractivity contribution >= 4 is 49.5 Å². The van der Waals surface area contributed by atoms with Gasteiger partial charge in [0.25, 0.3) is 0 Å². The van der Waals surface area contributed by atoms with E-state index in [9.17, 15) is 4.79 Å². The number of allylic oxidation sites excluding steroid dienone is 1. The van der Waals surface area contributed by atoms with E-state index in [2.05, 4.69) is 98.8 Å². The Morgan fingerprint density at radius 1 is 0.635 bits per heavy atom. The molecule has 2 aromatic carbocycles. The van der Waals surface area contributed by atoms with Crippen LogP contribution >= 0.6 is 26.3 Å². The average molecular weight is 852 g/mol. The van der Waals surface area contributed by atoms with Crippen LogP contribution in [0.2, 0.25) is 0 Å². The second kappa shape index (κ2) is 18.0. The summed E-state index contributed by atoms with van der Waals surface area (Å²) >= 11 is -0.346. The summed E-state index contributed by atoms with van der Waals surface area (Å²) in [7, 11) is 9.71. The van der Waals surface area contributed by atoms with E-state index < -0.39 is 6.89 Å². The number of hydrogen-bond acceptors (Lipinski definition) is 3. The third kappa shape index (κ3) is 8.20. The molecule has 2 aromatic rings. The van der Waals surface area contributed by atoms with E-state index in [-0.39, 0.29) is 15.1 Å². The first-order valence-electron chi connectivity index (χ1n) is 20.1. The van der Waals surface area contributed by atoms with Gasteiger partial charge in [0.2, 0.25) is 5.91 Å². The molecule has 0 N–H and O–H groups in total. The molecule has 0 radical (unpaired) electrons. The number of likely N-dealkylation sites (tertiary alicyclic amines) is 1. The topological polar surface area (TPSA) is 26.8 Å². The third-order valence-corrected chi connectivity index (χ3v) is 18.7. The van der Waals surface area contributed by atoms with Crippen molar-refractivity contribution in [1.82, 2.24) is 4.90 Å². The third-order valence-electron chi connectivity index (χ3n) is 12.8. The van der Waals surface area contributed by atoms with E-state index in [0.717, 1.165) is 37.1 Å². The first-order valence-corrected chi connectivity index (χ1v) is 26.7. The number of hydrogen-bond donors (Lipinski definition) is 0. The summed E-state index contributed by atoms with van der Waals surface area (Å²) in [5, 5.41) is 0. The van der Waals surface area contributed by atoms with E-state index in [1.54, 1.807) is 5.57 Å². The molecule has 1 saturated heterocycles. The first kappa shape index (κ1) is 40.2. The molecule has 4 nitrogen and oxygen atoms in total. The number of carbonyl (C=O) groups is 1. The molecule has 3 aliphatic carbocycles. The predicted molar refractivity (Wildman–Crippen MR) is 224 cm³/mol. The first-order chi connectivity index (χ1) is 25.1. The maximum absolute atomic E-state index is 13.6. The standard InChI is InChI=1S/C44H62N3OP.2ClH.Ru/c1-31-26-33(3)42(34(4)27-31)46-24-25-47(43-35(5)28-32(2)29-36(43)6)44(46)39-20-13-14-21-40(39)49(37-16-9-7-10-17-37,38-18-11-8-12-19-38)30-45-23-15-22-41(45)48;;;/h24-30,37-38,40H,7-23H2,1-6H3;2*1H;/q;;;+2/p-2. The zero-order valence-corrected chi connectivity index (χ0v) is 36.7. The van der Waals surface area contributed by atoms with Crippen LogP contribution in [0.4, 0.5) is 11.4 Å². The molecule has 2 heterocycles. The molecule has 286 valence electrons. The summed E-state index contributed by atoms with van der Waals surface area (Å²) in [6.07, 6.45) is 25.2. The Kier molecular flexibility index (Phi) is 13.9. The predicted octanol–water partition coefficient (Wildman–Crippen LogP) is 12.9. The molecular weight excluding hydrogens is 789 g/mol. The van der Waals surface area contributed by atoms with E-state index >= 15 is 0 Å². The van der Waals surface area contributed by atoms with Crippen molar-refractivity contribution in [3.8, 4) is 0 Å². The van der Waals surface area contributed by atoms with E-state index in [1.807, 2.05) is 0 Å². The molecule has 1 amide bonds. The number of aryl methyl sites for hydroxylation is 6. The van der Waals surface area contributed by atoms with Gasteiger partial charge < -0.3 is 14.7 Å². The van der Waals surface area contributed by atoms with Gasteiger partial charge in [-0.25, -0.2) is 0 Å². The fraction of sp³-hybridized carbons (Fsp3) is 0.591. The fourth-order valence-corrected chi connectivity index (χ4v) is 17.9. The van der Waals surface area contributed by atoms with Gasteiger partial charge in [-0.3, -0.25) is 4.79 Å². The molecule has 0 aromatic heterocycles. The van der Waals surface area contributed by atoms with Gasteiger partial charge in [0.15, 0.2) is 0 Å². The second-order valence-electron chi connectivity index (χ2n) is 16.5. The van der Waals surface area contributed by atoms with Crippen molar-refractivity contribution in [2.24, 2.45) is 0 Å². The van der Waals surface area contributed by atoms with E-state index in [0.29, 0.717) is 11.6 Å². The molecule has 0 spiro atoms. The summed E-state index contributed by atoms with van der Waals surface area (Å²) < 4.78 is 0. The maximum atomic E-state index is 13.6. The number of carbonyl (C=O) groups excluding carboxylic acids is 1. The van der Waals surface area contributed by atoms with Crippen LogP contribution in [0.25, 0.3) is 0 Å². The quantitative estimate of drug-likeness (QED) is 0.214. The molecule has 1 atom stereocenters. The Morgan fingerprint density at radius 2 is 1.08 bits per heavy atom. The van der Waals surface area contributed by atoms with Crippen molar-refractivity contribution in [2.75, 3.05) is 16.3 Å². The number of anilines is 2. The van der Waals surface area contributed by atoms with Crippen LogP contribution in [0.3, 0.4) is 0 Å². The molecule has 1 unspecified atom stereocenters. The molecular formula is C44H62Cl2N3OPRu. The van der Waals surface area contributed by atoms with E-state index in [4.69, 9.17) is 19.4 Å². The molecule has 3 saturated carbocycles. The van der Waals surface area contributed by atoms with Crippen LogP contribution in [0.15, 0.2) is 48.1 Å². The average Bonchev–Trinajstić information content (AvgIpc) is 3.73. The van der Waals surface area contributed by atoms with Gasteiger partial charge in [-0.15, -0.1) is 0 Å². The van der Waals surface area contributed by atoms with Crippen LogP contribution in [-0.4, -0.2) is 40.2 Å². The molecule has 7 rings (SSSR count). The SMILES string of the molecule is Cc1cc(C)c(N2C=CN(c3c(C)cc(C)cc3C)C2=C2CCCCC2P(=CN2CCCC2=O)(C2CCCCC2)C2CCCCC2)c(C)c1.[Cl][Ru][Cl].